The first kappa shape index (κ1) is 18.7. The van der Waals surface area contributed by atoms with Crippen LogP contribution in [0.3, 0.4) is 0 Å². The minimum atomic E-state index is -0.291. The van der Waals surface area contributed by atoms with Crippen molar-refractivity contribution >= 4 is 5.97 Å². The molecule has 0 N–H and O–H groups in total. The lowest BCUT2D eigenvalue weighted by molar-refractivity contribution is -0.151. The third kappa shape index (κ3) is 5.49. The Morgan fingerprint density at radius 1 is 1.21 bits per heavy atom. The summed E-state index contributed by atoms with van der Waals surface area (Å²) in [5, 5.41) is 0. The largest absolute Gasteiger partial charge is 0.467 e. The molecule has 134 valence electrons. The van der Waals surface area contributed by atoms with Crippen LogP contribution in [0.1, 0.15) is 57.4 Å². The van der Waals surface area contributed by atoms with Gasteiger partial charge in [0.15, 0.2) is 13.1 Å². The Balaban J connectivity index is 1.93. The maximum atomic E-state index is 11.6. The van der Waals surface area contributed by atoms with Crippen LogP contribution in [0.25, 0.3) is 0 Å². The second-order valence-electron chi connectivity index (χ2n) is 6.07. The van der Waals surface area contributed by atoms with Crippen molar-refractivity contribution in [2.75, 3.05) is 13.9 Å². The van der Waals surface area contributed by atoms with E-state index in [2.05, 4.69) is 12.1 Å². The summed E-state index contributed by atoms with van der Waals surface area (Å²) in [7, 11) is 1.59. The molecule has 1 fully saturated rings. The van der Waals surface area contributed by atoms with Crippen LogP contribution in [0.2, 0.25) is 0 Å². The normalized spacial score (nSPS) is 22.0. The fraction of sp³-hybridized carbons (Fsp3) is 0.632. The summed E-state index contributed by atoms with van der Waals surface area (Å²) < 4.78 is 21.5. The Hall–Kier alpha value is -1.59. The van der Waals surface area contributed by atoms with Crippen LogP contribution in [0.5, 0.6) is 5.75 Å². The summed E-state index contributed by atoms with van der Waals surface area (Å²) in [5.41, 5.74) is 1.20. The van der Waals surface area contributed by atoms with Crippen molar-refractivity contribution in [2.45, 2.75) is 64.3 Å². The van der Waals surface area contributed by atoms with Gasteiger partial charge in [-0.25, -0.2) is 0 Å². The highest BCUT2D eigenvalue weighted by Gasteiger charge is 2.29. The summed E-state index contributed by atoms with van der Waals surface area (Å²) in [4.78, 5) is 11.6. The molecular formula is C19H28O5. The molecule has 0 saturated heterocycles. The molecule has 1 saturated carbocycles. The van der Waals surface area contributed by atoms with Crippen molar-refractivity contribution in [3.63, 3.8) is 0 Å². The van der Waals surface area contributed by atoms with Crippen molar-refractivity contribution in [2.24, 2.45) is 0 Å². The molecule has 1 aromatic rings. The highest BCUT2D eigenvalue weighted by Crippen LogP contribution is 2.35. The third-order valence-corrected chi connectivity index (χ3v) is 4.44. The third-order valence-electron chi connectivity index (χ3n) is 4.44. The number of benzene rings is 1. The maximum absolute atomic E-state index is 11.6. The van der Waals surface area contributed by atoms with Gasteiger partial charge in [0.05, 0.1) is 0 Å². The molecule has 24 heavy (non-hydrogen) atoms. The van der Waals surface area contributed by atoms with E-state index in [0.29, 0.717) is 6.42 Å². The molecule has 0 aliphatic heterocycles. The van der Waals surface area contributed by atoms with E-state index in [4.69, 9.17) is 18.9 Å². The van der Waals surface area contributed by atoms with Crippen molar-refractivity contribution in [1.82, 2.24) is 0 Å². The average molecular weight is 336 g/mol. The molecule has 0 radical (unpaired) electrons. The highest BCUT2D eigenvalue weighted by molar-refractivity contribution is 5.69. The molecule has 5 nitrogen and oxygen atoms in total. The van der Waals surface area contributed by atoms with Crippen LogP contribution in [0, 0.1) is 0 Å². The fourth-order valence-corrected chi connectivity index (χ4v) is 2.95. The van der Waals surface area contributed by atoms with Crippen molar-refractivity contribution in [3.05, 3.63) is 29.8 Å². The van der Waals surface area contributed by atoms with Crippen molar-refractivity contribution in [3.8, 4) is 5.75 Å². The predicted octanol–water partition coefficient (Wildman–Crippen LogP) is 4.01. The quantitative estimate of drug-likeness (QED) is 0.530. The molecule has 0 spiro atoms. The standard InChI is InChI=1S/C19H28O5/c1-4-19(20)24-18-8-6-5-7-17(18)15-9-11-16(12-10-15)23-13-22-14(2)21-3/h9-12,14,17-18H,4-8,13H2,1-3H3. The van der Waals surface area contributed by atoms with Crippen LogP contribution < -0.4 is 4.74 Å². The Bertz CT molecular complexity index is 499. The molecule has 0 bridgehead atoms. The Morgan fingerprint density at radius 3 is 2.58 bits per heavy atom. The van der Waals surface area contributed by atoms with Gasteiger partial charge in [-0.2, -0.15) is 0 Å². The van der Waals surface area contributed by atoms with Crippen LogP contribution in [-0.4, -0.2) is 32.3 Å². The van der Waals surface area contributed by atoms with Crippen LogP contribution in [0.15, 0.2) is 24.3 Å². The Labute approximate surface area is 144 Å². The van der Waals surface area contributed by atoms with Crippen LogP contribution in [0.4, 0.5) is 0 Å². The number of ether oxygens (including phenoxy) is 4. The number of hydrogen-bond donors (Lipinski definition) is 0. The second-order valence-corrected chi connectivity index (χ2v) is 6.07. The number of rotatable bonds is 8. The average Bonchev–Trinajstić information content (AvgIpc) is 2.62. The lowest BCUT2D eigenvalue weighted by Crippen LogP contribution is -2.28. The molecule has 1 aliphatic rings. The molecule has 0 aromatic heterocycles. The van der Waals surface area contributed by atoms with E-state index >= 15 is 0 Å². The number of carbonyl (C=O) groups is 1. The minimum Gasteiger partial charge on any atom is -0.467 e. The van der Waals surface area contributed by atoms with Gasteiger partial charge in [0, 0.05) is 19.4 Å². The van der Waals surface area contributed by atoms with Gasteiger partial charge >= 0.3 is 5.97 Å². The van der Waals surface area contributed by atoms with Gasteiger partial charge in [-0.1, -0.05) is 25.5 Å². The number of hydrogen-bond acceptors (Lipinski definition) is 5. The SMILES string of the molecule is CCC(=O)OC1CCCCC1c1ccc(OCOC(C)OC)cc1. The van der Waals surface area contributed by atoms with Gasteiger partial charge in [0.25, 0.3) is 0 Å². The van der Waals surface area contributed by atoms with E-state index in [1.807, 2.05) is 26.0 Å². The van der Waals surface area contributed by atoms with E-state index in [-0.39, 0.29) is 31.1 Å². The first-order valence-corrected chi connectivity index (χ1v) is 8.70. The van der Waals surface area contributed by atoms with Crippen molar-refractivity contribution in [1.29, 1.82) is 0 Å². The molecule has 1 aliphatic carbocycles. The zero-order chi connectivity index (χ0) is 17.4. The summed E-state index contributed by atoms with van der Waals surface area (Å²) in [5.74, 6) is 0.907. The minimum absolute atomic E-state index is 0.0103. The smallest absolute Gasteiger partial charge is 0.305 e. The molecular weight excluding hydrogens is 308 g/mol. The summed E-state index contributed by atoms with van der Waals surface area (Å²) in [6.45, 7) is 3.79. The first-order chi connectivity index (χ1) is 11.6. The molecule has 2 rings (SSSR count). The predicted molar refractivity (Wildman–Crippen MR) is 90.9 cm³/mol. The summed E-state index contributed by atoms with van der Waals surface area (Å²) in [6.07, 6.45) is 4.41. The van der Waals surface area contributed by atoms with Gasteiger partial charge in [-0.3, -0.25) is 4.79 Å². The molecule has 3 atom stereocenters. The summed E-state index contributed by atoms with van der Waals surface area (Å²) in [6, 6.07) is 7.97. The van der Waals surface area contributed by atoms with Gasteiger partial charge in [-0.05, 0) is 43.9 Å². The van der Waals surface area contributed by atoms with Gasteiger partial charge in [0.2, 0.25) is 0 Å². The van der Waals surface area contributed by atoms with Crippen LogP contribution in [-0.2, 0) is 19.0 Å². The fourth-order valence-electron chi connectivity index (χ4n) is 2.95. The zero-order valence-electron chi connectivity index (χ0n) is 14.8. The molecule has 3 unspecified atom stereocenters. The van der Waals surface area contributed by atoms with E-state index in [1.54, 1.807) is 7.11 Å². The molecule has 5 heteroatoms. The number of methoxy groups -OCH3 is 1. The Morgan fingerprint density at radius 2 is 1.92 bits per heavy atom. The monoisotopic (exact) mass is 336 g/mol. The topological polar surface area (TPSA) is 54.0 Å². The van der Waals surface area contributed by atoms with E-state index in [0.717, 1.165) is 25.0 Å². The maximum Gasteiger partial charge on any atom is 0.305 e. The molecule has 1 aromatic carbocycles. The summed E-state index contributed by atoms with van der Waals surface area (Å²) >= 11 is 0. The van der Waals surface area contributed by atoms with Crippen LogP contribution >= 0.6 is 0 Å². The van der Waals surface area contributed by atoms with E-state index in [1.165, 1.54) is 12.0 Å². The van der Waals surface area contributed by atoms with Gasteiger partial charge in [-0.15, -0.1) is 0 Å². The molecule has 0 amide bonds. The lowest BCUT2D eigenvalue weighted by atomic mass is 9.81. The first-order valence-electron chi connectivity index (χ1n) is 8.70. The molecule has 0 heterocycles. The Kier molecular flexibility index (Phi) is 7.53. The van der Waals surface area contributed by atoms with E-state index < -0.39 is 0 Å². The second kappa shape index (κ2) is 9.64. The van der Waals surface area contributed by atoms with Crippen molar-refractivity contribution < 1.29 is 23.7 Å². The zero-order valence-corrected chi connectivity index (χ0v) is 14.8. The lowest BCUT2D eigenvalue weighted by Gasteiger charge is -2.31. The van der Waals surface area contributed by atoms with E-state index in [9.17, 15) is 4.79 Å². The van der Waals surface area contributed by atoms with Gasteiger partial charge in [0.1, 0.15) is 11.9 Å². The highest BCUT2D eigenvalue weighted by atomic mass is 16.7. The number of esters is 1. The number of carbonyl (C=O) groups excluding carboxylic acids is 1. The van der Waals surface area contributed by atoms with Gasteiger partial charge < -0.3 is 18.9 Å².